The molecule has 0 aliphatic heterocycles. The highest BCUT2D eigenvalue weighted by Gasteiger charge is 2.20. The van der Waals surface area contributed by atoms with Crippen LogP contribution in [0, 0.1) is 0 Å². The zero-order chi connectivity index (χ0) is 11.0. The normalized spacial score (nSPS) is 15.9. The molecule has 0 aromatic heterocycles. The molecule has 0 amide bonds. The zero-order valence-electron chi connectivity index (χ0n) is 9.67. The summed E-state index contributed by atoms with van der Waals surface area (Å²) in [7, 11) is 1.65. The van der Waals surface area contributed by atoms with Crippen molar-refractivity contribution in [3.8, 4) is 0 Å². The lowest BCUT2D eigenvalue weighted by Gasteiger charge is -2.24. The Labute approximate surface area is 86.6 Å². The standard InChI is InChI=1S/C10H23NO3/c1-9(2)14-8-10(3,12)7-11-5-6-13-4/h9,11-12H,5-8H2,1-4H3. The Morgan fingerprint density at radius 3 is 2.57 bits per heavy atom. The Balaban J connectivity index is 3.50. The number of ether oxygens (including phenoxy) is 2. The summed E-state index contributed by atoms with van der Waals surface area (Å²) in [5.74, 6) is 0. The van der Waals surface area contributed by atoms with Crippen LogP contribution in [0.25, 0.3) is 0 Å². The summed E-state index contributed by atoms with van der Waals surface area (Å²) in [5.41, 5.74) is -0.808. The molecule has 0 spiro atoms. The number of nitrogens with one attached hydrogen (secondary N) is 1. The molecule has 1 unspecified atom stereocenters. The van der Waals surface area contributed by atoms with Crippen molar-refractivity contribution >= 4 is 0 Å². The van der Waals surface area contributed by atoms with Gasteiger partial charge < -0.3 is 19.9 Å². The van der Waals surface area contributed by atoms with Gasteiger partial charge in [0.2, 0.25) is 0 Å². The van der Waals surface area contributed by atoms with E-state index in [0.29, 0.717) is 19.8 Å². The Hall–Kier alpha value is -0.160. The van der Waals surface area contributed by atoms with Crippen molar-refractivity contribution in [1.82, 2.24) is 5.32 Å². The van der Waals surface area contributed by atoms with Gasteiger partial charge in [-0.2, -0.15) is 0 Å². The third-order valence-electron chi connectivity index (χ3n) is 1.72. The van der Waals surface area contributed by atoms with E-state index in [-0.39, 0.29) is 6.10 Å². The first-order valence-electron chi connectivity index (χ1n) is 5.01. The van der Waals surface area contributed by atoms with Crippen LogP contribution in [0.4, 0.5) is 0 Å². The van der Waals surface area contributed by atoms with Gasteiger partial charge in [0.15, 0.2) is 0 Å². The first-order chi connectivity index (χ1) is 6.48. The van der Waals surface area contributed by atoms with Gasteiger partial charge in [-0.1, -0.05) is 0 Å². The molecule has 0 bridgehead atoms. The average Bonchev–Trinajstić information content (AvgIpc) is 2.10. The predicted octanol–water partition coefficient (Wildman–Crippen LogP) is 0.398. The Kier molecular flexibility index (Phi) is 7.09. The van der Waals surface area contributed by atoms with Crippen LogP contribution in [0.2, 0.25) is 0 Å². The molecule has 0 radical (unpaired) electrons. The van der Waals surface area contributed by atoms with Gasteiger partial charge in [0, 0.05) is 20.2 Å². The predicted molar refractivity (Wildman–Crippen MR) is 56.5 cm³/mol. The fourth-order valence-electron chi connectivity index (χ4n) is 0.929. The summed E-state index contributed by atoms with van der Waals surface area (Å²) >= 11 is 0. The number of hydrogen-bond donors (Lipinski definition) is 2. The molecule has 0 aliphatic rings. The summed E-state index contributed by atoms with van der Waals surface area (Å²) in [5, 5.41) is 12.9. The van der Waals surface area contributed by atoms with Gasteiger partial charge in [-0.3, -0.25) is 0 Å². The lowest BCUT2D eigenvalue weighted by Crippen LogP contribution is -2.43. The maximum absolute atomic E-state index is 9.83. The van der Waals surface area contributed by atoms with E-state index in [2.05, 4.69) is 5.32 Å². The van der Waals surface area contributed by atoms with E-state index >= 15 is 0 Å². The summed E-state index contributed by atoms with van der Waals surface area (Å²) in [4.78, 5) is 0. The van der Waals surface area contributed by atoms with Gasteiger partial charge in [-0.05, 0) is 20.8 Å². The zero-order valence-corrected chi connectivity index (χ0v) is 9.67. The monoisotopic (exact) mass is 205 g/mol. The highest BCUT2D eigenvalue weighted by Crippen LogP contribution is 2.03. The van der Waals surface area contributed by atoms with Crippen molar-refractivity contribution in [3.63, 3.8) is 0 Å². The van der Waals surface area contributed by atoms with Gasteiger partial charge >= 0.3 is 0 Å². The molecular weight excluding hydrogens is 182 g/mol. The van der Waals surface area contributed by atoms with Crippen LogP contribution < -0.4 is 5.32 Å². The molecule has 0 saturated heterocycles. The number of hydrogen-bond acceptors (Lipinski definition) is 4. The fraction of sp³-hybridized carbons (Fsp3) is 1.00. The molecular formula is C10H23NO3. The maximum atomic E-state index is 9.83. The van der Waals surface area contributed by atoms with Crippen molar-refractivity contribution in [2.75, 3.05) is 33.4 Å². The molecule has 0 fully saturated rings. The van der Waals surface area contributed by atoms with E-state index < -0.39 is 5.60 Å². The van der Waals surface area contributed by atoms with Crippen molar-refractivity contribution in [1.29, 1.82) is 0 Å². The highest BCUT2D eigenvalue weighted by atomic mass is 16.5. The van der Waals surface area contributed by atoms with Crippen LogP contribution in [0.15, 0.2) is 0 Å². The van der Waals surface area contributed by atoms with E-state index in [4.69, 9.17) is 9.47 Å². The van der Waals surface area contributed by atoms with Crippen molar-refractivity contribution < 1.29 is 14.6 Å². The lowest BCUT2D eigenvalue weighted by atomic mass is 10.1. The third kappa shape index (κ3) is 8.44. The molecule has 0 aromatic rings. The van der Waals surface area contributed by atoms with Crippen molar-refractivity contribution in [2.45, 2.75) is 32.5 Å². The molecule has 0 saturated carbocycles. The minimum absolute atomic E-state index is 0.153. The largest absolute Gasteiger partial charge is 0.386 e. The lowest BCUT2D eigenvalue weighted by molar-refractivity contribution is -0.0523. The van der Waals surface area contributed by atoms with Gasteiger partial charge in [-0.25, -0.2) is 0 Å². The number of aliphatic hydroxyl groups is 1. The SMILES string of the molecule is COCCNCC(C)(O)COC(C)C. The summed E-state index contributed by atoms with van der Waals surface area (Å²) in [6.07, 6.45) is 0.153. The van der Waals surface area contributed by atoms with Crippen LogP contribution in [0.5, 0.6) is 0 Å². The summed E-state index contributed by atoms with van der Waals surface area (Å²) < 4.78 is 10.2. The third-order valence-corrected chi connectivity index (χ3v) is 1.72. The summed E-state index contributed by atoms with van der Waals surface area (Å²) in [6.45, 7) is 7.93. The van der Waals surface area contributed by atoms with Crippen LogP contribution in [-0.2, 0) is 9.47 Å². The van der Waals surface area contributed by atoms with Gasteiger partial charge in [-0.15, -0.1) is 0 Å². The first kappa shape index (κ1) is 13.8. The Bertz CT molecular complexity index is 137. The maximum Gasteiger partial charge on any atom is 0.0975 e. The quantitative estimate of drug-likeness (QED) is 0.563. The first-order valence-corrected chi connectivity index (χ1v) is 5.01. The molecule has 0 heterocycles. The van der Waals surface area contributed by atoms with Gasteiger partial charge in [0.25, 0.3) is 0 Å². The minimum Gasteiger partial charge on any atom is -0.386 e. The average molecular weight is 205 g/mol. The van der Waals surface area contributed by atoms with Crippen LogP contribution >= 0.6 is 0 Å². The molecule has 0 aromatic carbocycles. The van der Waals surface area contributed by atoms with Crippen molar-refractivity contribution in [3.05, 3.63) is 0 Å². The molecule has 2 N–H and O–H groups in total. The van der Waals surface area contributed by atoms with E-state index in [9.17, 15) is 5.11 Å². The smallest absolute Gasteiger partial charge is 0.0975 e. The molecule has 86 valence electrons. The van der Waals surface area contributed by atoms with E-state index in [0.717, 1.165) is 6.54 Å². The van der Waals surface area contributed by atoms with Crippen molar-refractivity contribution in [2.24, 2.45) is 0 Å². The van der Waals surface area contributed by atoms with Gasteiger partial charge in [0.05, 0.1) is 24.9 Å². The van der Waals surface area contributed by atoms with E-state index in [1.54, 1.807) is 14.0 Å². The number of rotatable bonds is 8. The van der Waals surface area contributed by atoms with Crippen LogP contribution in [-0.4, -0.2) is 50.2 Å². The second kappa shape index (κ2) is 7.17. The molecule has 0 rings (SSSR count). The number of methoxy groups -OCH3 is 1. The molecule has 4 heteroatoms. The van der Waals surface area contributed by atoms with E-state index in [1.807, 2.05) is 13.8 Å². The minimum atomic E-state index is -0.808. The second-order valence-electron chi connectivity index (χ2n) is 4.03. The second-order valence-corrected chi connectivity index (χ2v) is 4.03. The molecule has 4 nitrogen and oxygen atoms in total. The topological polar surface area (TPSA) is 50.7 Å². The molecule has 1 atom stereocenters. The highest BCUT2D eigenvalue weighted by molar-refractivity contribution is 4.75. The van der Waals surface area contributed by atoms with E-state index in [1.165, 1.54) is 0 Å². The van der Waals surface area contributed by atoms with Gasteiger partial charge in [0.1, 0.15) is 0 Å². The molecule has 14 heavy (non-hydrogen) atoms. The van der Waals surface area contributed by atoms with Crippen LogP contribution in [0.1, 0.15) is 20.8 Å². The summed E-state index contributed by atoms with van der Waals surface area (Å²) in [6, 6.07) is 0. The molecule has 0 aliphatic carbocycles. The fourth-order valence-corrected chi connectivity index (χ4v) is 0.929. The Morgan fingerprint density at radius 2 is 2.07 bits per heavy atom. The Morgan fingerprint density at radius 1 is 1.43 bits per heavy atom. The van der Waals surface area contributed by atoms with Crippen LogP contribution in [0.3, 0.4) is 0 Å².